The Labute approximate surface area is 407 Å². The van der Waals surface area contributed by atoms with Crippen LogP contribution in [0.1, 0.15) is 113 Å². The van der Waals surface area contributed by atoms with Crippen LogP contribution in [0.3, 0.4) is 0 Å². The summed E-state index contributed by atoms with van der Waals surface area (Å²) in [4.78, 5) is 74.6. The van der Waals surface area contributed by atoms with Gasteiger partial charge < -0.3 is 49.1 Å². The van der Waals surface area contributed by atoms with Crippen LogP contribution in [0.4, 0.5) is 9.59 Å². The van der Waals surface area contributed by atoms with Crippen LogP contribution in [0.15, 0.2) is 60.9 Å². The van der Waals surface area contributed by atoms with Crippen LogP contribution in [0.2, 0.25) is 0 Å². The largest absolute Gasteiger partial charge is 0.465 e. The molecule has 5 aromatic rings. The molecule has 0 aliphatic carbocycles. The smallest absolute Gasteiger partial charge is 0.407 e. The van der Waals surface area contributed by atoms with Gasteiger partial charge in [-0.15, -0.1) is 0 Å². The van der Waals surface area contributed by atoms with Crippen LogP contribution in [0, 0.1) is 11.8 Å². The highest BCUT2D eigenvalue weighted by molar-refractivity contribution is 5.90. The third kappa shape index (κ3) is 8.64. The number of fused-ring (bicyclic) bond motifs is 3. The molecule has 7 heterocycles. The fourth-order valence-electron chi connectivity index (χ4n) is 12.1. The number of benzene rings is 3. The molecule has 2 unspecified atom stereocenters. The lowest BCUT2D eigenvalue weighted by atomic mass is 9.68. The van der Waals surface area contributed by atoms with Crippen molar-refractivity contribution in [2.24, 2.45) is 11.8 Å². The van der Waals surface area contributed by atoms with Crippen LogP contribution in [0.5, 0.6) is 11.5 Å². The molecule has 370 valence electrons. The monoisotopic (exact) mass is 956 g/mol. The zero-order valence-electron chi connectivity index (χ0n) is 40.5. The maximum absolute atomic E-state index is 14.2. The summed E-state index contributed by atoms with van der Waals surface area (Å²) in [5.41, 5.74) is 5.49. The first-order valence-electron chi connectivity index (χ1n) is 25.1. The number of carboxylic acid groups (broad SMARTS) is 1. The summed E-state index contributed by atoms with van der Waals surface area (Å²) in [6, 6.07) is 15.1. The van der Waals surface area contributed by atoms with E-state index in [1.165, 1.54) is 19.1 Å². The highest BCUT2D eigenvalue weighted by Gasteiger charge is 2.44. The fourth-order valence-corrected chi connectivity index (χ4v) is 12.1. The number of carbonyl (C=O) groups excluding carboxylic acids is 3. The maximum Gasteiger partial charge on any atom is 0.407 e. The SMILES string of the molecule is CCC1(CC)c2ccc(-c3cnc([C@@H]4CCCN4C(=O)C(C4CCOCC4)N(C)C(=O)O)[nH]3)cc2Oc2cc3ccc(-c4cnc([C@@H]5CCCN5C(=O)C(NC(=O)OC)C5CCOCC5)[nH]4)cc3cc21. The van der Waals surface area contributed by atoms with Crippen molar-refractivity contribution in [3.05, 3.63) is 83.7 Å². The maximum atomic E-state index is 14.2. The molecule has 5 aliphatic rings. The van der Waals surface area contributed by atoms with Crippen molar-refractivity contribution in [3.8, 4) is 34.0 Å². The van der Waals surface area contributed by atoms with Gasteiger partial charge in [-0.25, -0.2) is 19.6 Å². The van der Waals surface area contributed by atoms with Crippen molar-refractivity contribution in [2.75, 3.05) is 53.7 Å². The van der Waals surface area contributed by atoms with E-state index in [0.29, 0.717) is 71.0 Å². The zero-order valence-corrected chi connectivity index (χ0v) is 40.5. The van der Waals surface area contributed by atoms with Gasteiger partial charge in [-0.05, 0) is 111 Å². The molecule has 2 aromatic heterocycles. The number of alkyl carbamates (subject to hydrolysis) is 1. The van der Waals surface area contributed by atoms with Crippen molar-refractivity contribution >= 4 is 34.8 Å². The number of rotatable bonds is 12. The summed E-state index contributed by atoms with van der Waals surface area (Å²) in [5.74, 6) is 2.55. The second-order valence-electron chi connectivity index (χ2n) is 19.6. The number of H-pyrrole nitrogens is 2. The molecule has 5 aliphatic heterocycles. The molecule has 4 atom stereocenters. The molecule has 10 rings (SSSR count). The molecule has 4 fully saturated rings. The number of carbonyl (C=O) groups is 4. The van der Waals surface area contributed by atoms with E-state index in [0.717, 1.165) is 100 Å². The van der Waals surface area contributed by atoms with E-state index >= 15 is 0 Å². The van der Waals surface area contributed by atoms with E-state index in [4.69, 9.17) is 28.9 Å². The van der Waals surface area contributed by atoms with Gasteiger partial charge in [-0.3, -0.25) is 14.5 Å². The number of likely N-dealkylation sites (tertiary alicyclic amines) is 2. The number of methoxy groups -OCH3 is 1. The third-order valence-electron chi connectivity index (χ3n) is 16.0. The second-order valence-corrected chi connectivity index (χ2v) is 19.6. The minimum Gasteiger partial charge on any atom is -0.465 e. The molecule has 3 aromatic carbocycles. The molecule has 0 radical (unpaired) electrons. The molecule has 0 saturated carbocycles. The van der Waals surface area contributed by atoms with Crippen molar-refractivity contribution < 1.29 is 43.2 Å². The van der Waals surface area contributed by atoms with Gasteiger partial charge in [0.2, 0.25) is 11.8 Å². The Hall–Kier alpha value is -6.46. The Bertz CT molecular complexity index is 2750. The quantitative estimate of drug-likeness (QED) is 0.0931. The molecule has 70 heavy (non-hydrogen) atoms. The van der Waals surface area contributed by atoms with Crippen LogP contribution < -0.4 is 10.1 Å². The number of imidazole rings is 2. The van der Waals surface area contributed by atoms with Crippen molar-refractivity contribution in [3.63, 3.8) is 0 Å². The number of aromatic nitrogens is 4. The average molecular weight is 957 g/mol. The van der Waals surface area contributed by atoms with Gasteiger partial charge >= 0.3 is 12.2 Å². The molecule has 17 heteroatoms. The summed E-state index contributed by atoms with van der Waals surface area (Å²) in [7, 11) is 2.80. The van der Waals surface area contributed by atoms with E-state index in [-0.39, 0.29) is 41.1 Å². The Balaban J connectivity index is 0.885. The van der Waals surface area contributed by atoms with Gasteiger partial charge in [0, 0.05) is 74.2 Å². The average Bonchev–Trinajstić information content (AvgIpc) is 4.25. The summed E-state index contributed by atoms with van der Waals surface area (Å²) in [6.45, 7) is 7.70. The minimum absolute atomic E-state index is 0.0443. The molecule has 4 amide bonds. The van der Waals surface area contributed by atoms with Gasteiger partial charge in [0.25, 0.3) is 0 Å². The number of hydrogen-bond donors (Lipinski definition) is 4. The summed E-state index contributed by atoms with van der Waals surface area (Å²) in [5, 5.41) is 14.9. The number of nitrogens with one attached hydrogen (secondary N) is 3. The van der Waals surface area contributed by atoms with Crippen molar-refractivity contribution in [1.29, 1.82) is 0 Å². The normalized spacial score (nSPS) is 21.1. The number of amides is 4. The number of likely N-dealkylation sites (N-methyl/N-ethyl adjacent to an activating group) is 1. The van der Waals surface area contributed by atoms with Gasteiger partial charge in [0.05, 0.1) is 43.0 Å². The predicted molar refractivity (Wildman–Crippen MR) is 260 cm³/mol. The van der Waals surface area contributed by atoms with E-state index in [1.807, 2.05) is 22.2 Å². The van der Waals surface area contributed by atoms with Gasteiger partial charge in [0.15, 0.2) is 0 Å². The van der Waals surface area contributed by atoms with Crippen LogP contribution in [0.25, 0.3) is 33.3 Å². The molecule has 4 N–H and O–H groups in total. The van der Waals surface area contributed by atoms with Gasteiger partial charge in [-0.2, -0.15) is 0 Å². The predicted octanol–water partition coefficient (Wildman–Crippen LogP) is 8.72. The first-order chi connectivity index (χ1) is 34.0. The van der Waals surface area contributed by atoms with Crippen LogP contribution >= 0.6 is 0 Å². The Morgan fingerprint density at radius 1 is 0.757 bits per heavy atom. The van der Waals surface area contributed by atoms with Crippen LogP contribution in [-0.4, -0.2) is 130 Å². The fraction of sp³-hybridized carbons (Fsp3) is 0.509. The van der Waals surface area contributed by atoms with E-state index in [2.05, 4.69) is 77.7 Å². The molecule has 4 saturated heterocycles. The van der Waals surface area contributed by atoms with Gasteiger partial charge in [0.1, 0.15) is 35.2 Å². The lowest BCUT2D eigenvalue weighted by Crippen LogP contribution is -2.53. The second kappa shape index (κ2) is 19.7. The molecule has 17 nitrogen and oxygen atoms in total. The van der Waals surface area contributed by atoms with Crippen molar-refractivity contribution in [1.82, 2.24) is 40.0 Å². The Kier molecular flexibility index (Phi) is 13.3. The summed E-state index contributed by atoms with van der Waals surface area (Å²) >= 11 is 0. The van der Waals surface area contributed by atoms with Crippen molar-refractivity contribution in [2.45, 2.75) is 108 Å². The van der Waals surface area contributed by atoms with Gasteiger partial charge in [-0.1, -0.05) is 38.1 Å². The summed E-state index contributed by atoms with van der Waals surface area (Å²) < 4.78 is 22.9. The lowest BCUT2D eigenvalue weighted by molar-refractivity contribution is -0.140. The number of hydrogen-bond acceptors (Lipinski definition) is 10. The van der Waals surface area contributed by atoms with Crippen LogP contribution in [-0.2, 0) is 29.2 Å². The van der Waals surface area contributed by atoms with E-state index in [9.17, 15) is 24.3 Å². The van der Waals surface area contributed by atoms with E-state index < -0.39 is 24.3 Å². The third-order valence-corrected chi connectivity index (χ3v) is 16.0. The minimum atomic E-state index is -1.12. The summed E-state index contributed by atoms with van der Waals surface area (Å²) in [6.07, 6.45) is 9.38. The number of aromatic amines is 2. The standard InChI is InChI=1S/C53H64N8O9/c1-5-53(6-2)37-14-13-35(40-30-55-48(57-40)42-10-8-20-61(42)50(63)46(59(3)52(65)66)32-17-23-69-24-18-32)28-43(37)70-44-27-33-11-12-34(25-36(33)26-38(44)53)39-29-54-47(56-39)41-9-7-19-60(41)49(62)45(58-51(64)67-4)31-15-21-68-22-16-31/h11-14,25-32,41-42,45-46H,5-10,15-24H2,1-4H3,(H,54,56)(H,55,57)(H,58,64)(H,65,66)/t41-,42-,45?,46?/m0/s1. The number of ether oxygens (including phenoxy) is 4. The Morgan fingerprint density at radius 3 is 1.93 bits per heavy atom. The zero-order chi connectivity index (χ0) is 48.7. The molecule has 0 bridgehead atoms. The molecular weight excluding hydrogens is 893 g/mol. The molecular formula is C53H64N8O9. The first kappa shape index (κ1) is 47.2. The van der Waals surface area contributed by atoms with E-state index in [1.54, 1.807) is 0 Å². The Morgan fingerprint density at radius 2 is 1.33 bits per heavy atom. The number of nitrogens with zero attached hydrogens (tertiary/aromatic N) is 5. The lowest BCUT2D eigenvalue weighted by Gasteiger charge is -2.39. The highest BCUT2D eigenvalue weighted by Crippen LogP contribution is 2.53. The highest BCUT2D eigenvalue weighted by atomic mass is 16.5. The molecule has 0 spiro atoms. The topological polar surface area (TPSA) is 205 Å². The first-order valence-corrected chi connectivity index (χ1v) is 25.1.